The van der Waals surface area contributed by atoms with Crippen LogP contribution in [-0.2, 0) is 14.2 Å². The summed E-state index contributed by atoms with van der Waals surface area (Å²) in [6.45, 7) is -3.91. The Morgan fingerprint density at radius 3 is 2.31 bits per heavy atom. The number of alkyl halides is 5. The van der Waals surface area contributed by atoms with Gasteiger partial charge in [0.25, 0.3) is 6.48 Å². The lowest BCUT2D eigenvalue weighted by Gasteiger charge is -2.20. The van der Waals surface area contributed by atoms with E-state index in [4.69, 9.17) is 5.11 Å². The van der Waals surface area contributed by atoms with E-state index in [1.165, 1.54) is 0 Å². The summed E-state index contributed by atoms with van der Waals surface area (Å²) in [6, 6.07) is 0. The van der Waals surface area contributed by atoms with Crippen LogP contribution in [-0.4, -0.2) is 49.6 Å². The summed E-state index contributed by atoms with van der Waals surface area (Å²) >= 11 is 0. The van der Waals surface area contributed by atoms with Crippen molar-refractivity contribution in [2.45, 2.75) is 24.7 Å². The van der Waals surface area contributed by atoms with E-state index in [0.29, 0.717) is 0 Å². The third-order valence-corrected chi connectivity index (χ3v) is 1.74. The van der Waals surface area contributed by atoms with Crippen LogP contribution in [0.2, 0.25) is 0 Å². The predicted molar refractivity (Wildman–Crippen MR) is 38.7 cm³/mol. The molecule has 1 N–H and O–H groups in total. The van der Waals surface area contributed by atoms with Gasteiger partial charge in [-0.25, -0.2) is 0 Å². The van der Waals surface area contributed by atoms with Crippen molar-refractivity contribution in [3.63, 3.8) is 0 Å². The molecule has 0 aromatic carbocycles. The monoisotopic (exact) mass is 252 g/mol. The van der Waals surface area contributed by atoms with Crippen LogP contribution in [0.5, 0.6) is 0 Å². The average Bonchev–Trinajstić information content (AvgIpc) is 2.49. The Hall–Kier alpha value is -0.510. The highest BCUT2D eigenvalue weighted by Gasteiger charge is 2.57. The Bertz CT molecular complexity index is 231. The van der Waals surface area contributed by atoms with E-state index in [-0.39, 0.29) is 6.61 Å². The van der Waals surface area contributed by atoms with Crippen LogP contribution in [0, 0.1) is 0 Å². The van der Waals surface area contributed by atoms with Crippen molar-refractivity contribution < 1.29 is 41.3 Å². The van der Waals surface area contributed by atoms with Gasteiger partial charge in [0.15, 0.2) is 0 Å². The second-order valence-corrected chi connectivity index (χ2v) is 3.12. The van der Waals surface area contributed by atoms with Crippen LogP contribution in [0.15, 0.2) is 0 Å². The maximum absolute atomic E-state index is 12.3. The normalized spacial score (nSPS) is 27.4. The van der Waals surface area contributed by atoms with E-state index in [1.54, 1.807) is 0 Å². The number of aliphatic hydroxyl groups is 1. The van der Waals surface area contributed by atoms with Crippen LogP contribution in [0.1, 0.15) is 0 Å². The minimum absolute atomic E-state index is 0.126. The molecule has 0 amide bonds. The van der Waals surface area contributed by atoms with Crippen molar-refractivity contribution in [3.8, 4) is 0 Å². The van der Waals surface area contributed by atoms with Gasteiger partial charge in [-0.05, 0) is 0 Å². The molecule has 0 radical (unpaired) electrons. The van der Waals surface area contributed by atoms with Crippen molar-refractivity contribution in [1.82, 2.24) is 0 Å². The van der Waals surface area contributed by atoms with Crippen LogP contribution in [0.25, 0.3) is 0 Å². The van der Waals surface area contributed by atoms with Crippen LogP contribution >= 0.6 is 0 Å². The summed E-state index contributed by atoms with van der Waals surface area (Å²) in [7, 11) is 0. The number of hydrogen-bond acceptors (Lipinski definition) is 4. The van der Waals surface area contributed by atoms with E-state index >= 15 is 0 Å². The molecule has 96 valence electrons. The van der Waals surface area contributed by atoms with Gasteiger partial charge >= 0.3 is 12.1 Å². The Morgan fingerprint density at radius 2 is 1.88 bits per heavy atom. The molecule has 0 aromatic rings. The molecule has 1 aliphatic rings. The highest BCUT2D eigenvalue weighted by molar-refractivity contribution is 4.75. The predicted octanol–water partition coefficient (Wildman–Crippen LogP) is 0.892. The fourth-order valence-electron chi connectivity index (χ4n) is 0.921. The van der Waals surface area contributed by atoms with Gasteiger partial charge in [0.05, 0.1) is 13.2 Å². The zero-order chi connectivity index (χ0) is 12.4. The lowest BCUT2D eigenvalue weighted by molar-refractivity contribution is -0.298. The van der Waals surface area contributed by atoms with Gasteiger partial charge in [0, 0.05) is 0 Å². The lowest BCUT2D eigenvalue weighted by Crippen LogP contribution is -2.41. The van der Waals surface area contributed by atoms with Gasteiger partial charge in [-0.2, -0.15) is 22.0 Å². The maximum atomic E-state index is 12.3. The Kier molecular flexibility index (Phi) is 4.05. The third-order valence-electron chi connectivity index (χ3n) is 1.74. The highest BCUT2D eigenvalue weighted by atomic mass is 19.4. The minimum Gasteiger partial charge on any atom is -0.372 e. The molecular formula is C7H9F5O4. The average molecular weight is 252 g/mol. The molecule has 1 fully saturated rings. The standard InChI is InChI=1S/C7H9F5O4/c8-6(9,7(10,11)12)3-14-1-4-2-15-5(13)16-4/h4-5,13H,1-3H2. The number of aliphatic hydroxyl groups excluding tert-OH is 1. The molecule has 1 aliphatic heterocycles. The van der Waals surface area contributed by atoms with Gasteiger partial charge < -0.3 is 19.3 Å². The third kappa shape index (κ3) is 3.51. The summed E-state index contributed by atoms with van der Waals surface area (Å²) < 4.78 is 72.8. The van der Waals surface area contributed by atoms with Gasteiger partial charge in [0.1, 0.15) is 12.7 Å². The molecule has 1 rings (SSSR count). The SMILES string of the molecule is OC1OCC(COCC(F)(F)C(F)(F)F)O1. The second kappa shape index (κ2) is 4.78. The van der Waals surface area contributed by atoms with Crippen molar-refractivity contribution in [3.05, 3.63) is 0 Å². The fourth-order valence-corrected chi connectivity index (χ4v) is 0.921. The van der Waals surface area contributed by atoms with E-state index in [2.05, 4.69) is 14.2 Å². The van der Waals surface area contributed by atoms with Crippen molar-refractivity contribution in [2.75, 3.05) is 19.8 Å². The molecule has 0 saturated carbocycles. The van der Waals surface area contributed by atoms with Gasteiger partial charge in [-0.3, -0.25) is 0 Å². The summed E-state index contributed by atoms with van der Waals surface area (Å²) in [6.07, 6.45) is -6.49. The summed E-state index contributed by atoms with van der Waals surface area (Å²) in [5, 5.41) is 8.66. The van der Waals surface area contributed by atoms with Crippen LogP contribution < -0.4 is 0 Å². The minimum atomic E-state index is -5.64. The number of ether oxygens (including phenoxy) is 3. The zero-order valence-electron chi connectivity index (χ0n) is 7.84. The van der Waals surface area contributed by atoms with Crippen LogP contribution in [0.4, 0.5) is 22.0 Å². The molecule has 4 nitrogen and oxygen atoms in total. The largest absolute Gasteiger partial charge is 0.455 e. The topological polar surface area (TPSA) is 47.9 Å². The molecule has 16 heavy (non-hydrogen) atoms. The van der Waals surface area contributed by atoms with E-state index in [9.17, 15) is 22.0 Å². The van der Waals surface area contributed by atoms with Gasteiger partial charge in [0.2, 0.25) is 0 Å². The van der Waals surface area contributed by atoms with Crippen molar-refractivity contribution >= 4 is 0 Å². The molecule has 2 unspecified atom stereocenters. The molecule has 2 atom stereocenters. The second-order valence-electron chi connectivity index (χ2n) is 3.12. The summed E-state index contributed by atoms with van der Waals surface area (Å²) in [5.41, 5.74) is 0. The molecule has 1 saturated heterocycles. The molecule has 1 heterocycles. The Balaban J connectivity index is 2.25. The van der Waals surface area contributed by atoms with Crippen molar-refractivity contribution in [1.29, 1.82) is 0 Å². The molecule has 0 spiro atoms. The molecular weight excluding hydrogens is 243 g/mol. The molecule has 0 aromatic heterocycles. The van der Waals surface area contributed by atoms with E-state index in [0.717, 1.165) is 0 Å². The van der Waals surface area contributed by atoms with Gasteiger partial charge in [-0.1, -0.05) is 0 Å². The fraction of sp³-hybridized carbons (Fsp3) is 1.00. The van der Waals surface area contributed by atoms with Crippen molar-refractivity contribution in [2.24, 2.45) is 0 Å². The first-order chi connectivity index (χ1) is 7.22. The summed E-state index contributed by atoms with van der Waals surface area (Å²) in [5.74, 6) is -4.90. The molecule has 9 heteroatoms. The quantitative estimate of drug-likeness (QED) is 0.755. The number of halogens is 5. The number of hydrogen-bond donors (Lipinski definition) is 1. The Morgan fingerprint density at radius 1 is 1.25 bits per heavy atom. The lowest BCUT2D eigenvalue weighted by atomic mass is 10.3. The van der Waals surface area contributed by atoms with E-state index < -0.39 is 37.9 Å². The smallest absolute Gasteiger partial charge is 0.372 e. The van der Waals surface area contributed by atoms with Gasteiger partial charge in [-0.15, -0.1) is 0 Å². The zero-order valence-corrected chi connectivity index (χ0v) is 7.84. The molecule has 0 bridgehead atoms. The highest BCUT2D eigenvalue weighted by Crippen LogP contribution is 2.35. The first-order valence-electron chi connectivity index (χ1n) is 4.20. The maximum Gasteiger partial charge on any atom is 0.455 e. The number of rotatable bonds is 4. The Labute approximate surface area is 86.9 Å². The first kappa shape index (κ1) is 13.6. The van der Waals surface area contributed by atoms with E-state index in [1.807, 2.05) is 0 Å². The summed E-state index contributed by atoms with van der Waals surface area (Å²) in [4.78, 5) is 0. The first-order valence-corrected chi connectivity index (χ1v) is 4.20. The van der Waals surface area contributed by atoms with Crippen LogP contribution in [0.3, 0.4) is 0 Å². The molecule has 0 aliphatic carbocycles.